The third-order valence-corrected chi connectivity index (χ3v) is 11.0. The summed E-state index contributed by atoms with van der Waals surface area (Å²) in [6.07, 6.45) is 0. The molecule has 4 heteroatoms. The lowest BCUT2D eigenvalue weighted by Crippen LogP contribution is -2.15. The number of nitrogens with zero attached hydrogens (tertiary/aromatic N) is 4. The van der Waals surface area contributed by atoms with E-state index in [4.69, 9.17) is 15.0 Å². The Balaban J connectivity index is 1.08. The lowest BCUT2D eigenvalue weighted by atomic mass is 9.86. The molecule has 57 heavy (non-hydrogen) atoms. The first-order chi connectivity index (χ1) is 28.2. The van der Waals surface area contributed by atoms with Crippen LogP contribution >= 0.6 is 0 Å². The Hall–Kier alpha value is -7.69. The minimum Gasteiger partial charge on any atom is -0.309 e. The summed E-state index contributed by atoms with van der Waals surface area (Å²) < 4.78 is 0. The molecule has 0 amide bonds. The molecule has 0 unspecified atom stereocenters. The van der Waals surface area contributed by atoms with Gasteiger partial charge in [-0.25, -0.2) is 15.0 Å². The summed E-state index contributed by atoms with van der Waals surface area (Å²) >= 11 is 0. The van der Waals surface area contributed by atoms with Gasteiger partial charge in [-0.15, -0.1) is 0 Å². The van der Waals surface area contributed by atoms with Gasteiger partial charge in [-0.3, -0.25) is 0 Å². The molecule has 0 bridgehead atoms. The van der Waals surface area contributed by atoms with Gasteiger partial charge in [-0.2, -0.15) is 0 Å². The Morgan fingerprint density at radius 3 is 1.65 bits per heavy atom. The maximum Gasteiger partial charge on any atom is 0.164 e. The van der Waals surface area contributed by atoms with Crippen LogP contribution in [0.5, 0.6) is 0 Å². The number of fused-ring (bicyclic) bond motifs is 3. The van der Waals surface area contributed by atoms with Gasteiger partial charge in [-0.1, -0.05) is 164 Å². The van der Waals surface area contributed by atoms with E-state index >= 15 is 0 Å². The van der Waals surface area contributed by atoms with Crippen molar-refractivity contribution in [2.45, 2.75) is 0 Å². The predicted octanol–water partition coefficient (Wildman–Crippen LogP) is 14.0. The largest absolute Gasteiger partial charge is 0.309 e. The zero-order chi connectivity index (χ0) is 37.7. The molecule has 0 saturated carbocycles. The second-order valence-corrected chi connectivity index (χ2v) is 14.4. The van der Waals surface area contributed by atoms with Gasteiger partial charge in [0.2, 0.25) is 0 Å². The minimum absolute atomic E-state index is 0.634. The van der Waals surface area contributed by atoms with Crippen molar-refractivity contribution in [2.75, 3.05) is 4.90 Å². The van der Waals surface area contributed by atoms with E-state index in [1.165, 1.54) is 44.1 Å². The normalized spacial score (nSPS) is 11.8. The number of benzene rings is 9. The Morgan fingerprint density at radius 2 is 0.877 bits per heavy atom. The Bertz CT molecular complexity index is 3120. The fourth-order valence-corrected chi connectivity index (χ4v) is 8.30. The average molecular weight is 727 g/mol. The van der Waals surface area contributed by atoms with Crippen LogP contribution in [0.2, 0.25) is 0 Å². The second kappa shape index (κ2) is 13.6. The van der Waals surface area contributed by atoms with Crippen LogP contribution in [0.4, 0.5) is 17.1 Å². The Labute approximate surface area is 331 Å². The van der Waals surface area contributed by atoms with Crippen molar-refractivity contribution < 1.29 is 0 Å². The zero-order valence-corrected chi connectivity index (χ0v) is 30.9. The highest BCUT2D eigenvalue weighted by atomic mass is 15.2. The van der Waals surface area contributed by atoms with E-state index in [-0.39, 0.29) is 0 Å². The monoisotopic (exact) mass is 726 g/mol. The number of para-hydroxylation sites is 1. The van der Waals surface area contributed by atoms with Crippen molar-refractivity contribution in [3.63, 3.8) is 0 Å². The lowest BCUT2D eigenvalue weighted by Gasteiger charge is -2.34. The molecule has 266 valence electrons. The van der Waals surface area contributed by atoms with Gasteiger partial charge >= 0.3 is 0 Å². The molecule has 0 aliphatic carbocycles. The number of rotatable bonds is 6. The number of hydrogen-bond donors (Lipinski definition) is 0. The molecular weight excluding hydrogens is 693 g/mol. The first-order valence-electron chi connectivity index (χ1n) is 19.3. The molecule has 1 aromatic heterocycles. The summed E-state index contributed by atoms with van der Waals surface area (Å²) in [4.78, 5) is 17.6. The van der Waals surface area contributed by atoms with Crippen LogP contribution in [0.1, 0.15) is 0 Å². The standard InChI is InChI=1S/C53H34N4/c1-4-14-35(15-5-1)39-28-30-48-47(34-39)46-25-13-24-45-44(29-31-49(50(45)46)57(48)43-22-8-3-9-23-43)40-20-12-21-41(33-40)52-54-51(37-17-6-2-7-18-37)55-53(56-52)42-27-26-36-16-10-11-19-38(36)32-42/h1-34H. The summed E-state index contributed by atoms with van der Waals surface area (Å²) in [7, 11) is 0. The Morgan fingerprint density at radius 1 is 0.298 bits per heavy atom. The van der Waals surface area contributed by atoms with Crippen LogP contribution < -0.4 is 4.90 Å². The molecule has 0 atom stereocenters. The average Bonchev–Trinajstić information content (AvgIpc) is 3.29. The van der Waals surface area contributed by atoms with Crippen LogP contribution in [0.25, 0.3) is 89.1 Å². The van der Waals surface area contributed by atoms with Gasteiger partial charge in [0, 0.05) is 33.3 Å². The van der Waals surface area contributed by atoms with Crippen molar-refractivity contribution in [1.29, 1.82) is 0 Å². The number of aromatic nitrogens is 3. The molecule has 0 saturated heterocycles. The maximum absolute atomic E-state index is 5.13. The van der Waals surface area contributed by atoms with Crippen LogP contribution in [0, 0.1) is 0 Å². The molecule has 0 N–H and O–H groups in total. The van der Waals surface area contributed by atoms with E-state index < -0.39 is 0 Å². The second-order valence-electron chi connectivity index (χ2n) is 14.4. The molecular formula is C53H34N4. The minimum atomic E-state index is 0.634. The highest BCUT2D eigenvalue weighted by Crippen LogP contribution is 2.53. The smallest absolute Gasteiger partial charge is 0.164 e. The van der Waals surface area contributed by atoms with Crippen LogP contribution in [0.15, 0.2) is 206 Å². The Kier molecular flexibility index (Phi) is 7.78. The molecule has 0 spiro atoms. The van der Waals surface area contributed by atoms with Crippen LogP contribution in [-0.2, 0) is 0 Å². The molecule has 9 aromatic carbocycles. The highest BCUT2D eigenvalue weighted by Gasteiger charge is 2.27. The van der Waals surface area contributed by atoms with E-state index in [9.17, 15) is 0 Å². The molecule has 0 radical (unpaired) electrons. The summed E-state index contributed by atoms with van der Waals surface area (Å²) in [5.41, 5.74) is 13.4. The molecule has 0 fully saturated rings. The predicted molar refractivity (Wildman–Crippen MR) is 236 cm³/mol. The van der Waals surface area contributed by atoms with E-state index in [2.05, 4.69) is 193 Å². The summed E-state index contributed by atoms with van der Waals surface area (Å²) in [5, 5.41) is 4.75. The highest BCUT2D eigenvalue weighted by molar-refractivity contribution is 6.17. The van der Waals surface area contributed by atoms with E-state index in [0.717, 1.165) is 44.6 Å². The van der Waals surface area contributed by atoms with E-state index in [0.29, 0.717) is 17.5 Å². The quantitative estimate of drug-likeness (QED) is 0.171. The molecule has 4 nitrogen and oxygen atoms in total. The fraction of sp³-hybridized carbons (Fsp3) is 0. The molecule has 11 rings (SSSR count). The molecule has 2 heterocycles. The first-order valence-corrected chi connectivity index (χ1v) is 19.3. The molecule has 10 aromatic rings. The van der Waals surface area contributed by atoms with Gasteiger partial charge in [0.05, 0.1) is 11.4 Å². The van der Waals surface area contributed by atoms with Crippen molar-refractivity contribution in [3.05, 3.63) is 206 Å². The van der Waals surface area contributed by atoms with Gasteiger partial charge in [0.25, 0.3) is 0 Å². The summed E-state index contributed by atoms with van der Waals surface area (Å²) in [5.74, 6) is 1.92. The number of anilines is 3. The zero-order valence-electron chi connectivity index (χ0n) is 30.9. The third kappa shape index (κ3) is 5.74. The maximum atomic E-state index is 5.13. The van der Waals surface area contributed by atoms with E-state index in [1.807, 2.05) is 18.2 Å². The van der Waals surface area contributed by atoms with Gasteiger partial charge in [0.1, 0.15) is 0 Å². The SMILES string of the molecule is c1ccc(-c2ccc3c(c2)-c2cccc4c(-c5cccc(-c6nc(-c7ccccc7)nc(-c7ccc8ccccc8c7)n6)c5)ccc(c24)N3c2ccccc2)cc1. The third-order valence-electron chi connectivity index (χ3n) is 11.0. The number of hydrogen-bond acceptors (Lipinski definition) is 4. The van der Waals surface area contributed by atoms with Crippen molar-refractivity contribution in [1.82, 2.24) is 15.0 Å². The van der Waals surface area contributed by atoms with Gasteiger partial charge < -0.3 is 4.90 Å². The molecule has 1 aliphatic heterocycles. The van der Waals surface area contributed by atoms with Gasteiger partial charge in [-0.05, 0) is 86.4 Å². The van der Waals surface area contributed by atoms with Gasteiger partial charge in [0.15, 0.2) is 17.5 Å². The van der Waals surface area contributed by atoms with Crippen molar-refractivity contribution in [2.24, 2.45) is 0 Å². The van der Waals surface area contributed by atoms with Crippen molar-refractivity contribution in [3.8, 4) is 67.5 Å². The van der Waals surface area contributed by atoms with Crippen LogP contribution in [0.3, 0.4) is 0 Å². The summed E-state index contributed by atoms with van der Waals surface area (Å²) in [6.45, 7) is 0. The van der Waals surface area contributed by atoms with Crippen LogP contribution in [-0.4, -0.2) is 15.0 Å². The molecule has 1 aliphatic rings. The van der Waals surface area contributed by atoms with Crippen molar-refractivity contribution >= 4 is 38.6 Å². The van der Waals surface area contributed by atoms with E-state index in [1.54, 1.807) is 0 Å². The lowest BCUT2D eigenvalue weighted by molar-refractivity contribution is 1.07. The fourth-order valence-electron chi connectivity index (χ4n) is 8.30. The summed E-state index contributed by atoms with van der Waals surface area (Å²) in [6, 6.07) is 73.0. The first kappa shape index (κ1) is 32.7. The topological polar surface area (TPSA) is 41.9 Å².